The Bertz CT molecular complexity index is 1470. The van der Waals surface area contributed by atoms with Crippen molar-refractivity contribution in [1.29, 1.82) is 0 Å². The van der Waals surface area contributed by atoms with Crippen molar-refractivity contribution in [1.82, 2.24) is 4.98 Å². The van der Waals surface area contributed by atoms with Crippen LogP contribution in [0.4, 0.5) is 14.6 Å². The number of amides is 1. The second-order valence-corrected chi connectivity index (χ2v) is 8.80. The fourth-order valence-corrected chi connectivity index (χ4v) is 4.51. The number of nitrogens with zero attached hydrogens (tertiary/aromatic N) is 1. The second-order valence-electron chi connectivity index (χ2n) is 8.80. The predicted octanol–water partition coefficient (Wildman–Crippen LogP) is 5.63. The van der Waals surface area contributed by atoms with E-state index in [9.17, 15) is 18.7 Å². The van der Waals surface area contributed by atoms with Gasteiger partial charge in [0.1, 0.15) is 5.82 Å². The number of hydrogen-bond donors (Lipinski definition) is 2. The summed E-state index contributed by atoms with van der Waals surface area (Å²) in [5, 5.41) is 14.1. The Hall–Kier alpha value is -4.04. The molecule has 1 aliphatic carbocycles. The molecule has 3 aromatic carbocycles. The van der Waals surface area contributed by atoms with Gasteiger partial charge in [0.25, 0.3) is 0 Å². The van der Waals surface area contributed by atoms with Gasteiger partial charge in [-0.25, -0.2) is 4.98 Å². The number of carbonyl (C=O) groups excluding carboxylic acids is 1. The Morgan fingerprint density at radius 3 is 2.49 bits per heavy atom. The van der Waals surface area contributed by atoms with Crippen LogP contribution in [0.1, 0.15) is 25.4 Å². The van der Waals surface area contributed by atoms with Gasteiger partial charge in [0, 0.05) is 12.4 Å². The lowest BCUT2D eigenvalue weighted by molar-refractivity contribution is -0.286. The Morgan fingerprint density at radius 1 is 1.00 bits per heavy atom. The van der Waals surface area contributed by atoms with Crippen molar-refractivity contribution >= 4 is 22.5 Å². The van der Waals surface area contributed by atoms with E-state index in [1.165, 1.54) is 12.1 Å². The molecule has 6 rings (SSSR count). The molecule has 1 aromatic heterocycles. The molecular weight excluding hydrogens is 454 g/mol. The molecule has 0 saturated heterocycles. The van der Waals surface area contributed by atoms with E-state index in [0.717, 1.165) is 21.9 Å². The van der Waals surface area contributed by atoms with Gasteiger partial charge in [-0.1, -0.05) is 54.6 Å². The number of nitrogens with one attached hydrogen (secondary N) is 1. The minimum Gasteiger partial charge on any atom is -0.395 e. The maximum atomic E-state index is 13.4. The Morgan fingerprint density at radius 2 is 1.74 bits per heavy atom. The monoisotopic (exact) mass is 476 g/mol. The topological polar surface area (TPSA) is 80.7 Å². The zero-order valence-corrected chi connectivity index (χ0v) is 18.4. The average molecular weight is 476 g/mol. The third kappa shape index (κ3) is 3.76. The van der Waals surface area contributed by atoms with Gasteiger partial charge in [0.15, 0.2) is 11.5 Å². The molecule has 2 heterocycles. The molecule has 1 amide bonds. The highest BCUT2D eigenvalue weighted by atomic mass is 19.3. The van der Waals surface area contributed by atoms with Gasteiger partial charge in [0.05, 0.1) is 17.7 Å². The van der Waals surface area contributed by atoms with E-state index in [1.54, 1.807) is 6.07 Å². The molecule has 0 bridgehead atoms. The average Bonchev–Trinajstić information content (AvgIpc) is 3.60. The third-order valence-electron chi connectivity index (χ3n) is 6.53. The normalized spacial score (nSPS) is 16.8. The van der Waals surface area contributed by atoms with Crippen LogP contribution in [0.5, 0.6) is 11.5 Å². The number of alkyl halides is 2. The number of benzene rings is 3. The second kappa shape index (κ2) is 7.74. The molecule has 2 N–H and O–H groups in total. The summed E-state index contributed by atoms with van der Waals surface area (Å²) in [5.41, 5.74) is 2.10. The number of ether oxygens (including phenoxy) is 2. The van der Waals surface area contributed by atoms with E-state index in [2.05, 4.69) is 14.8 Å². The van der Waals surface area contributed by atoms with Gasteiger partial charge >= 0.3 is 6.29 Å². The fourth-order valence-electron chi connectivity index (χ4n) is 4.51. The molecule has 2 aliphatic rings. The number of rotatable bonds is 5. The van der Waals surface area contributed by atoms with Crippen LogP contribution < -0.4 is 14.8 Å². The van der Waals surface area contributed by atoms with Gasteiger partial charge in [0.2, 0.25) is 5.91 Å². The SMILES string of the molecule is O=C(Nc1cc2ccccc2c(-c2ccc(CO)cc2)n1)C1(c2ccc3c(c2)OC(F)(F)O3)CC1.[HH]. The highest BCUT2D eigenvalue weighted by Crippen LogP contribution is 2.52. The van der Waals surface area contributed by atoms with Gasteiger partial charge in [-0.3, -0.25) is 4.79 Å². The number of hydrogen-bond acceptors (Lipinski definition) is 5. The van der Waals surface area contributed by atoms with Crippen molar-refractivity contribution in [2.75, 3.05) is 5.32 Å². The van der Waals surface area contributed by atoms with Crippen molar-refractivity contribution < 1.29 is 29.6 Å². The molecule has 35 heavy (non-hydrogen) atoms. The summed E-state index contributed by atoms with van der Waals surface area (Å²) >= 11 is 0. The smallest absolute Gasteiger partial charge is 0.395 e. The van der Waals surface area contributed by atoms with Crippen LogP contribution in [-0.4, -0.2) is 22.3 Å². The van der Waals surface area contributed by atoms with Gasteiger partial charge in [-0.2, -0.15) is 0 Å². The predicted molar refractivity (Wildman–Crippen MR) is 127 cm³/mol. The van der Waals surface area contributed by atoms with E-state index in [4.69, 9.17) is 4.98 Å². The van der Waals surface area contributed by atoms with Crippen molar-refractivity contribution in [3.63, 3.8) is 0 Å². The highest BCUT2D eigenvalue weighted by molar-refractivity contribution is 6.03. The summed E-state index contributed by atoms with van der Waals surface area (Å²) in [6.07, 6.45) is -2.55. The summed E-state index contributed by atoms with van der Waals surface area (Å²) in [6.45, 7) is -0.0515. The molecule has 6 nitrogen and oxygen atoms in total. The lowest BCUT2D eigenvalue weighted by atomic mass is 9.94. The zero-order chi connectivity index (χ0) is 24.2. The molecular formula is C27H22F2N2O4. The van der Waals surface area contributed by atoms with Crippen LogP contribution in [0.2, 0.25) is 0 Å². The number of carbonyl (C=O) groups is 1. The van der Waals surface area contributed by atoms with E-state index >= 15 is 0 Å². The summed E-state index contributed by atoms with van der Waals surface area (Å²) in [6, 6.07) is 21.5. The number of aliphatic hydroxyl groups is 1. The molecule has 178 valence electrons. The van der Waals surface area contributed by atoms with Crippen molar-refractivity contribution in [2.24, 2.45) is 0 Å². The quantitative estimate of drug-likeness (QED) is 0.390. The van der Waals surface area contributed by atoms with E-state index in [1.807, 2.05) is 54.6 Å². The van der Waals surface area contributed by atoms with Crippen molar-refractivity contribution in [3.8, 4) is 22.8 Å². The number of pyridine rings is 1. The van der Waals surface area contributed by atoms with Crippen LogP contribution in [0.15, 0.2) is 72.8 Å². The lowest BCUT2D eigenvalue weighted by Gasteiger charge is -2.17. The number of anilines is 1. The Balaban J connectivity index is 0.00000267. The summed E-state index contributed by atoms with van der Waals surface area (Å²) in [7, 11) is 0. The summed E-state index contributed by atoms with van der Waals surface area (Å²) in [5.74, 6) is 0.00741. The first-order chi connectivity index (χ1) is 16.9. The highest BCUT2D eigenvalue weighted by Gasteiger charge is 2.53. The molecule has 8 heteroatoms. The number of aromatic nitrogens is 1. The molecule has 0 radical (unpaired) electrons. The first kappa shape index (κ1) is 21.5. The molecule has 0 atom stereocenters. The van der Waals surface area contributed by atoms with Crippen molar-refractivity contribution in [3.05, 3.63) is 83.9 Å². The third-order valence-corrected chi connectivity index (χ3v) is 6.53. The van der Waals surface area contributed by atoms with Crippen LogP contribution in [0.3, 0.4) is 0 Å². The van der Waals surface area contributed by atoms with Crippen LogP contribution in [-0.2, 0) is 16.8 Å². The molecule has 1 fully saturated rings. The number of aliphatic hydroxyl groups excluding tert-OH is 1. The summed E-state index contributed by atoms with van der Waals surface area (Å²) < 4.78 is 35.9. The van der Waals surface area contributed by atoms with E-state index in [0.29, 0.717) is 29.9 Å². The van der Waals surface area contributed by atoms with Gasteiger partial charge in [-0.15, -0.1) is 8.78 Å². The number of fused-ring (bicyclic) bond motifs is 2. The number of halogens is 2. The molecule has 0 unspecified atom stereocenters. The Kier molecular flexibility index (Phi) is 4.76. The summed E-state index contributed by atoms with van der Waals surface area (Å²) in [4.78, 5) is 18.1. The maximum Gasteiger partial charge on any atom is 0.586 e. The van der Waals surface area contributed by atoms with Crippen LogP contribution >= 0.6 is 0 Å². The van der Waals surface area contributed by atoms with Gasteiger partial charge < -0.3 is 19.9 Å². The zero-order valence-electron chi connectivity index (χ0n) is 18.4. The molecule has 0 spiro atoms. The van der Waals surface area contributed by atoms with Gasteiger partial charge in [-0.05, 0) is 47.6 Å². The first-order valence-electron chi connectivity index (χ1n) is 11.2. The molecule has 1 aliphatic heterocycles. The standard InChI is InChI=1S/C27H20F2N2O4.H2/c28-27(29)34-21-10-9-19(14-22(21)35-27)26(11-12-26)25(33)31-23-13-18-3-1-2-4-20(18)24(30-23)17-7-5-16(15-32)6-8-17;/h1-10,13-14,32H,11-12,15H2,(H,30,31,33);1H. The minimum absolute atomic E-state index is 0. The first-order valence-corrected chi connectivity index (χ1v) is 11.2. The van der Waals surface area contributed by atoms with Crippen LogP contribution in [0.25, 0.3) is 22.0 Å². The van der Waals surface area contributed by atoms with Crippen molar-refractivity contribution in [2.45, 2.75) is 31.2 Å². The van der Waals surface area contributed by atoms with E-state index in [-0.39, 0.29) is 25.4 Å². The van der Waals surface area contributed by atoms with E-state index < -0.39 is 11.7 Å². The fraction of sp³-hybridized carbons (Fsp3) is 0.185. The maximum absolute atomic E-state index is 13.4. The molecule has 1 saturated carbocycles. The molecule has 4 aromatic rings. The van der Waals surface area contributed by atoms with Crippen LogP contribution in [0, 0.1) is 0 Å². The lowest BCUT2D eigenvalue weighted by Crippen LogP contribution is -2.28. The largest absolute Gasteiger partial charge is 0.586 e. The minimum atomic E-state index is -3.71. The Labute approximate surface area is 200 Å².